The lowest BCUT2D eigenvalue weighted by atomic mass is 9.96. The zero-order valence-corrected chi connectivity index (χ0v) is 12.5. The normalized spacial score (nSPS) is 13.3. The Morgan fingerprint density at radius 3 is 2.57 bits per heavy atom. The van der Waals surface area contributed by atoms with Gasteiger partial charge < -0.3 is 9.47 Å². The maximum Gasteiger partial charge on any atom is 0.417 e. The molecule has 0 saturated heterocycles. The van der Waals surface area contributed by atoms with E-state index >= 15 is 0 Å². The largest absolute Gasteiger partial charge is 0.454 e. The van der Waals surface area contributed by atoms with Crippen molar-refractivity contribution in [3.8, 4) is 11.5 Å². The van der Waals surface area contributed by atoms with E-state index in [9.17, 15) is 18.0 Å². The molecule has 0 radical (unpaired) electrons. The number of carbonyl (C=O) groups is 1. The van der Waals surface area contributed by atoms with Crippen LogP contribution in [0.2, 0.25) is 5.15 Å². The van der Waals surface area contributed by atoms with Gasteiger partial charge in [0.1, 0.15) is 5.15 Å². The predicted octanol–water partition coefficient (Wildman–Crippen LogP) is 4.02. The Morgan fingerprint density at radius 1 is 1.26 bits per heavy atom. The molecule has 8 heteroatoms. The second-order valence-corrected chi connectivity index (χ2v) is 5.23. The van der Waals surface area contributed by atoms with Gasteiger partial charge in [-0.25, -0.2) is 4.98 Å². The number of rotatable bonds is 2. The van der Waals surface area contributed by atoms with Crippen LogP contribution in [0.4, 0.5) is 13.2 Å². The number of hydrogen-bond acceptors (Lipinski definition) is 4. The molecule has 0 spiro atoms. The first-order valence-corrected chi connectivity index (χ1v) is 6.83. The molecule has 0 fully saturated rings. The van der Waals surface area contributed by atoms with Crippen molar-refractivity contribution in [2.75, 3.05) is 6.79 Å². The molecular weight excluding hydrogens is 335 g/mol. The van der Waals surface area contributed by atoms with E-state index in [2.05, 4.69) is 4.98 Å². The molecule has 0 N–H and O–H groups in total. The minimum absolute atomic E-state index is 0.00608. The molecule has 0 saturated carbocycles. The first-order chi connectivity index (χ1) is 10.8. The van der Waals surface area contributed by atoms with Crippen molar-refractivity contribution in [1.82, 2.24) is 4.98 Å². The second-order valence-electron chi connectivity index (χ2n) is 4.87. The molecule has 0 unspecified atom stereocenters. The van der Waals surface area contributed by atoms with Crippen LogP contribution in [0.3, 0.4) is 0 Å². The lowest BCUT2D eigenvalue weighted by Crippen LogP contribution is -2.16. The highest BCUT2D eigenvalue weighted by Crippen LogP contribution is 2.38. The summed E-state index contributed by atoms with van der Waals surface area (Å²) in [4.78, 5) is 16.2. The molecule has 0 amide bonds. The van der Waals surface area contributed by atoms with Crippen molar-refractivity contribution in [1.29, 1.82) is 0 Å². The summed E-state index contributed by atoms with van der Waals surface area (Å²) in [6.45, 7) is 1.58. The summed E-state index contributed by atoms with van der Waals surface area (Å²) in [6, 6.07) is 3.61. The maximum atomic E-state index is 13.1. The van der Waals surface area contributed by atoms with Gasteiger partial charge in [-0.15, -0.1) is 0 Å². The molecule has 0 atom stereocenters. The Morgan fingerprint density at radius 2 is 1.91 bits per heavy atom. The number of fused-ring (bicyclic) bond motifs is 1. The van der Waals surface area contributed by atoms with Gasteiger partial charge in [-0.05, 0) is 30.7 Å². The van der Waals surface area contributed by atoms with Crippen LogP contribution >= 0.6 is 11.6 Å². The molecular formula is C15H9ClF3NO3. The fourth-order valence-corrected chi connectivity index (χ4v) is 2.56. The van der Waals surface area contributed by atoms with Crippen molar-refractivity contribution >= 4 is 17.4 Å². The highest BCUT2D eigenvalue weighted by molar-refractivity contribution is 6.34. The van der Waals surface area contributed by atoms with Crippen molar-refractivity contribution in [2.24, 2.45) is 0 Å². The second kappa shape index (κ2) is 5.42. The van der Waals surface area contributed by atoms with Gasteiger partial charge in [0.2, 0.25) is 6.79 Å². The molecule has 2 heterocycles. The molecule has 0 aliphatic carbocycles. The molecule has 1 aliphatic heterocycles. The zero-order chi connectivity index (χ0) is 16.8. The van der Waals surface area contributed by atoms with Gasteiger partial charge >= 0.3 is 6.18 Å². The van der Waals surface area contributed by atoms with E-state index in [1.807, 2.05) is 0 Å². The smallest absolute Gasteiger partial charge is 0.417 e. The fourth-order valence-electron chi connectivity index (χ4n) is 2.31. The van der Waals surface area contributed by atoms with Crippen molar-refractivity contribution < 1.29 is 27.4 Å². The number of benzene rings is 1. The predicted molar refractivity (Wildman–Crippen MR) is 75.0 cm³/mol. The number of carbonyl (C=O) groups excluding carboxylic acids is 1. The molecule has 3 rings (SSSR count). The topological polar surface area (TPSA) is 48.4 Å². The van der Waals surface area contributed by atoms with Crippen LogP contribution in [0.15, 0.2) is 24.4 Å². The summed E-state index contributed by atoms with van der Waals surface area (Å²) in [6.07, 6.45) is -3.81. The van der Waals surface area contributed by atoms with Gasteiger partial charge in [0, 0.05) is 11.8 Å². The van der Waals surface area contributed by atoms with Gasteiger partial charge in [0.25, 0.3) is 0 Å². The number of aryl methyl sites for hydroxylation is 1. The number of ketones is 1. The molecule has 23 heavy (non-hydrogen) atoms. The monoisotopic (exact) mass is 343 g/mol. The highest BCUT2D eigenvalue weighted by Gasteiger charge is 2.37. The zero-order valence-electron chi connectivity index (χ0n) is 11.7. The van der Waals surface area contributed by atoms with Gasteiger partial charge in [0.05, 0.1) is 11.1 Å². The van der Waals surface area contributed by atoms with Gasteiger partial charge in [-0.2, -0.15) is 13.2 Å². The third-order valence-corrected chi connectivity index (χ3v) is 3.69. The van der Waals surface area contributed by atoms with E-state index in [0.29, 0.717) is 17.1 Å². The highest BCUT2D eigenvalue weighted by atomic mass is 35.5. The number of aromatic nitrogens is 1. The van der Waals surface area contributed by atoms with E-state index in [1.165, 1.54) is 12.1 Å². The molecule has 4 nitrogen and oxygen atoms in total. The molecule has 1 aliphatic rings. The summed E-state index contributed by atoms with van der Waals surface area (Å²) < 4.78 is 49.8. The first kappa shape index (κ1) is 15.6. The number of hydrogen-bond donors (Lipinski definition) is 0. The Kier molecular flexibility index (Phi) is 3.68. The summed E-state index contributed by atoms with van der Waals surface area (Å²) in [5.74, 6) is -0.133. The third-order valence-electron chi connectivity index (χ3n) is 3.40. The van der Waals surface area contributed by atoms with E-state index in [1.54, 1.807) is 6.92 Å². The van der Waals surface area contributed by atoms with Crippen molar-refractivity contribution in [2.45, 2.75) is 13.1 Å². The number of alkyl halides is 3. The standard InChI is InChI=1S/C15H9ClF3NO3/c1-7-4-10-11(23-6-22-10)5-8(7)13(21)12-9(15(17,18)19)2-3-20-14(12)16/h2-5H,6H2,1H3. The van der Waals surface area contributed by atoms with Crippen LogP contribution in [0.1, 0.15) is 27.0 Å². The summed E-state index contributed by atoms with van der Waals surface area (Å²) in [5.41, 5.74) is -1.30. The van der Waals surface area contributed by atoms with E-state index in [4.69, 9.17) is 21.1 Å². The summed E-state index contributed by atoms with van der Waals surface area (Å²) in [7, 11) is 0. The van der Waals surface area contributed by atoms with Crippen molar-refractivity contribution in [3.05, 3.63) is 51.8 Å². The van der Waals surface area contributed by atoms with Crippen LogP contribution in [0.5, 0.6) is 11.5 Å². The van der Waals surface area contributed by atoms with Crippen LogP contribution in [0.25, 0.3) is 0 Å². The Hall–Kier alpha value is -2.28. The van der Waals surface area contributed by atoms with E-state index in [-0.39, 0.29) is 12.4 Å². The minimum Gasteiger partial charge on any atom is -0.454 e. The first-order valence-electron chi connectivity index (χ1n) is 6.45. The van der Waals surface area contributed by atoms with Crippen LogP contribution < -0.4 is 9.47 Å². The maximum absolute atomic E-state index is 13.1. The lowest BCUT2D eigenvalue weighted by Gasteiger charge is -2.14. The van der Waals surface area contributed by atoms with Gasteiger partial charge in [-0.1, -0.05) is 11.6 Å². The van der Waals surface area contributed by atoms with Gasteiger partial charge in [0.15, 0.2) is 17.3 Å². The van der Waals surface area contributed by atoms with E-state index in [0.717, 1.165) is 12.3 Å². The fraction of sp³-hybridized carbons (Fsp3) is 0.200. The van der Waals surface area contributed by atoms with Crippen molar-refractivity contribution in [3.63, 3.8) is 0 Å². The number of nitrogens with zero attached hydrogens (tertiary/aromatic N) is 1. The summed E-state index contributed by atoms with van der Waals surface area (Å²) in [5, 5.41) is -0.498. The van der Waals surface area contributed by atoms with Crippen LogP contribution in [0, 0.1) is 6.92 Å². The SMILES string of the molecule is Cc1cc2c(cc1C(=O)c1c(C(F)(F)F)ccnc1Cl)OCO2. The average molecular weight is 344 g/mol. The Labute approximate surface area is 133 Å². The number of halogens is 4. The molecule has 2 aromatic rings. The number of ether oxygens (including phenoxy) is 2. The quantitative estimate of drug-likeness (QED) is 0.610. The summed E-state index contributed by atoms with van der Waals surface area (Å²) >= 11 is 5.76. The molecule has 1 aromatic carbocycles. The molecule has 1 aromatic heterocycles. The molecule has 0 bridgehead atoms. The van der Waals surface area contributed by atoms with Crippen LogP contribution in [-0.4, -0.2) is 17.6 Å². The molecule has 120 valence electrons. The van der Waals surface area contributed by atoms with Gasteiger partial charge in [-0.3, -0.25) is 4.79 Å². The Balaban J connectivity index is 2.16. The number of pyridine rings is 1. The van der Waals surface area contributed by atoms with E-state index < -0.39 is 28.2 Å². The third kappa shape index (κ3) is 2.72. The lowest BCUT2D eigenvalue weighted by molar-refractivity contribution is -0.137. The Bertz CT molecular complexity index is 805. The average Bonchev–Trinajstić information content (AvgIpc) is 2.91. The van der Waals surface area contributed by atoms with Crippen LogP contribution in [-0.2, 0) is 6.18 Å². The minimum atomic E-state index is -4.72.